The SMILES string of the molecule is C1=CC(C2CC=C(c3ccccc3)N2c2ccc3c(-c4ccccc4)c4cc(N5C(c6ccccc6)=CCC5c5ccccc5)ccc4c(-c4cc5ccccc5cc4-c4ccccc4)c3c2)=CCC1. The van der Waals surface area contributed by atoms with Gasteiger partial charge in [-0.3, -0.25) is 0 Å². The van der Waals surface area contributed by atoms with Crippen LogP contribution in [0, 0.1) is 0 Å². The van der Waals surface area contributed by atoms with Crippen LogP contribution in [0.3, 0.4) is 0 Å². The van der Waals surface area contributed by atoms with Crippen molar-refractivity contribution in [3.05, 3.63) is 277 Å². The summed E-state index contributed by atoms with van der Waals surface area (Å²) in [5.74, 6) is 0. The lowest BCUT2D eigenvalue weighted by Crippen LogP contribution is -2.31. The molecule has 3 aliphatic rings. The van der Waals surface area contributed by atoms with E-state index in [0.29, 0.717) is 0 Å². The minimum absolute atomic E-state index is 0.149. The Hall–Kier alpha value is -8.46. The molecule has 0 aromatic heterocycles. The Morgan fingerprint density at radius 1 is 0.343 bits per heavy atom. The van der Waals surface area contributed by atoms with Gasteiger partial charge < -0.3 is 9.80 Å². The lowest BCUT2D eigenvalue weighted by atomic mass is 9.82. The summed E-state index contributed by atoms with van der Waals surface area (Å²) in [5.41, 5.74) is 17.4. The van der Waals surface area contributed by atoms with E-state index < -0.39 is 0 Å². The van der Waals surface area contributed by atoms with Crippen molar-refractivity contribution in [3.63, 3.8) is 0 Å². The predicted molar refractivity (Wildman–Crippen MR) is 298 cm³/mol. The number of hydrogen-bond donors (Lipinski definition) is 0. The van der Waals surface area contributed by atoms with E-state index >= 15 is 0 Å². The van der Waals surface area contributed by atoms with Crippen LogP contribution in [0.4, 0.5) is 11.4 Å². The summed E-state index contributed by atoms with van der Waals surface area (Å²) in [6.07, 6.45) is 16.1. The van der Waals surface area contributed by atoms with Gasteiger partial charge in [0.15, 0.2) is 0 Å². The maximum Gasteiger partial charge on any atom is 0.0626 e. The average molecular weight is 897 g/mol. The molecule has 2 atom stereocenters. The minimum atomic E-state index is 0.149. The summed E-state index contributed by atoms with van der Waals surface area (Å²) in [5, 5.41) is 7.40. The van der Waals surface area contributed by atoms with Gasteiger partial charge in [-0.05, 0) is 150 Å². The Morgan fingerprint density at radius 3 is 1.39 bits per heavy atom. The lowest BCUT2D eigenvalue weighted by Gasteiger charge is -2.33. The van der Waals surface area contributed by atoms with Crippen LogP contribution < -0.4 is 9.80 Å². The second-order valence-corrected chi connectivity index (χ2v) is 18.9. The standard InChI is InChI=1S/C68H52N2/c1-7-21-47(22-8-1)59-43-53-33-19-20-34-54(53)44-60(59)68-58-38-36-55(69-63(48-23-9-2-10-24-48)39-40-64(69)49-25-11-3-12-26-49)45-61(58)67(52-31-17-6-18-32-52)57-37-35-56(46-62(57)68)70-65(50-27-13-4-14-28-50)41-42-66(70)51-29-15-5-16-30-51/h1-4,6-15,17-39,41,43-46,64,66H,5,16,40,42H2. The normalized spacial score (nSPS) is 16.8. The Morgan fingerprint density at radius 2 is 0.814 bits per heavy atom. The van der Waals surface area contributed by atoms with Crippen molar-refractivity contribution in [2.75, 3.05) is 9.80 Å². The smallest absolute Gasteiger partial charge is 0.0626 e. The number of rotatable bonds is 9. The predicted octanol–water partition coefficient (Wildman–Crippen LogP) is 18.0. The van der Waals surface area contributed by atoms with Crippen LogP contribution in [0.1, 0.15) is 48.4 Å². The summed E-state index contributed by atoms with van der Waals surface area (Å²) in [6, 6.07) is 83.8. The second kappa shape index (κ2) is 17.9. The largest absolute Gasteiger partial charge is 0.333 e. The van der Waals surface area contributed by atoms with Gasteiger partial charge in [0.2, 0.25) is 0 Å². The number of fused-ring (bicyclic) bond motifs is 3. The fourth-order valence-corrected chi connectivity index (χ4v) is 11.7. The van der Waals surface area contributed by atoms with E-state index in [1.807, 2.05) is 0 Å². The Balaban J connectivity index is 1.13. The molecule has 2 heteroatoms. The van der Waals surface area contributed by atoms with E-state index in [4.69, 9.17) is 0 Å². The van der Waals surface area contributed by atoms with Gasteiger partial charge in [0.05, 0.1) is 12.1 Å². The van der Waals surface area contributed by atoms with Crippen molar-refractivity contribution in [1.82, 2.24) is 0 Å². The molecule has 2 heterocycles. The number of hydrogen-bond acceptors (Lipinski definition) is 2. The second-order valence-electron chi connectivity index (χ2n) is 18.9. The molecule has 334 valence electrons. The first-order chi connectivity index (χ1) is 34.7. The highest BCUT2D eigenvalue weighted by Crippen LogP contribution is 2.52. The first-order valence-corrected chi connectivity index (χ1v) is 24.9. The van der Waals surface area contributed by atoms with Gasteiger partial charge in [0.1, 0.15) is 0 Å². The van der Waals surface area contributed by atoms with E-state index in [0.717, 1.165) is 25.7 Å². The van der Waals surface area contributed by atoms with E-state index in [1.165, 1.54) is 111 Å². The molecular weight excluding hydrogens is 845 g/mol. The maximum absolute atomic E-state index is 2.63. The first-order valence-electron chi connectivity index (χ1n) is 24.9. The monoisotopic (exact) mass is 896 g/mol. The van der Waals surface area contributed by atoms with Crippen molar-refractivity contribution < 1.29 is 0 Å². The molecule has 2 nitrogen and oxygen atoms in total. The van der Waals surface area contributed by atoms with E-state index in [-0.39, 0.29) is 12.1 Å². The summed E-state index contributed by atoms with van der Waals surface area (Å²) >= 11 is 0. The third-order valence-corrected chi connectivity index (χ3v) is 14.9. The van der Waals surface area contributed by atoms with Crippen LogP contribution in [0.15, 0.2) is 260 Å². The molecule has 0 amide bonds. The zero-order valence-corrected chi connectivity index (χ0v) is 39.1. The van der Waals surface area contributed by atoms with Crippen molar-refractivity contribution in [2.24, 2.45) is 0 Å². The van der Waals surface area contributed by atoms with Crippen molar-refractivity contribution in [3.8, 4) is 33.4 Å². The van der Waals surface area contributed by atoms with Crippen molar-refractivity contribution in [2.45, 2.75) is 37.8 Å². The molecule has 0 saturated carbocycles. The molecule has 0 fully saturated rings. The highest BCUT2D eigenvalue weighted by Gasteiger charge is 2.33. The summed E-state index contributed by atoms with van der Waals surface area (Å²) in [4.78, 5) is 5.22. The Bertz CT molecular complexity index is 3700. The first kappa shape index (κ1) is 41.7. The molecule has 2 aliphatic heterocycles. The van der Waals surface area contributed by atoms with Crippen LogP contribution in [0.25, 0.3) is 77.1 Å². The van der Waals surface area contributed by atoms with E-state index in [1.54, 1.807) is 0 Å². The molecule has 10 aromatic carbocycles. The topological polar surface area (TPSA) is 6.48 Å². The van der Waals surface area contributed by atoms with Crippen molar-refractivity contribution in [1.29, 1.82) is 0 Å². The number of nitrogens with zero attached hydrogens (tertiary/aromatic N) is 2. The minimum Gasteiger partial charge on any atom is -0.333 e. The molecule has 0 radical (unpaired) electrons. The quantitative estimate of drug-likeness (QED) is 0.133. The lowest BCUT2D eigenvalue weighted by molar-refractivity contribution is 0.749. The Kier molecular flexibility index (Phi) is 10.7. The molecule has 0 N–H and O–H groups in total. The highest BCUT2D eigenvalue weighted by molar-refractivity contribution is 6.24. The van der Waals surface area contributed by atoms with Crippen molar-refractivity contribution >= 4 is 55.1 Å². The van der Waals surface area contributed by atoms with E-state index in [9.17, 15) is 0 Å². The maximum atomic E-state index is 2.63. The van der Waals surface area contributed by atoms with Crippen LogP contribution in [-0.2, 0) is 0 Å². The number of benzene rings is 10. The average Bonchev–Trinajstić information content (AvgIpc) is 4.10. The van der Waals surface area contributed by atoms with Crippen LogP contribution in [-0.4, -0.2) is 6.04 Å². The van der Waals surface area contributed by atoms with Crippen LogP contribution >= 0.6 is 0 Å². The van der Waals surface area contributed by atoms with Crippen LogP contribution in [0.5, 0.6) is 0 Å². The van der Waals surface area contributed by atoms with E-state index in [2.05, 4.69) is 265 Å². The van der Waals surface area contributed by atoms with Gasteiger partial charge >= 0.3 is 0 Å². The molecule has 0 saturated heterocycles. The summed E-state index contributed by atoms with van der Waals surface area (Å²) in [6.45, 7) is 0. The zero-order valence-electron chi connectivity index (χ0n) is 39.1. The fourth-order valence-electron chi connectivity index (χ4n) is 11.7. The van der Waals surface area contributed by atoms with Gasteiger partial charge in [-0.25, -0.2) is 0 Å². The molecule has 70 heavy (non-hydrogen) atoms. The molecule has 13 rings (SSSR count). The van der Waals surface area contributed by atoms with Gasteiger partial charge in [-0.15, -0.1) is 0 Å². The molecular formula is C68H52N2. The van der Waals surface area contributed by atoms with Gasteiger partial charge in [-0.1, -0.05) is 218 Å². The number of anilines is 2. The third kappa shape index (κ3) is 7.36. The summed E-state index contributed by atoms with van der Waals surface area (Å²) in [7, 11) is 0. The molecule has 1 aliphatic carbocycles. The summed E-state index contributed by atoms with van der Waals surface area (Å²) < 4.78 is 0. The van der Waals surface area contributed by atoms with Gasteiger partial charge in [-0.2, -0.15) is 0 Å². The van der Waals surface area contributed by atoms with Gasteiger partial charge in [0.25, 0.3) is 0 Å². The number of allylic oxidation sites excluding steroid dienone is 2. The highest BCUT2D eigenvalue weighted by atomic mass is 15.2. The third-order valence-electron chi connectivity index (χ3n) is 14.9. The van der Waals surface area contributed by atoms with Gasteiger partial charge in [0, 0.05) is 22.8 Å². The Labute approximate surface area is 411 Å². The molecule has 10 aromatic rings. The zero-order chi connectivity index (χ0) is 46.4. The van der Waals surface area contributed by atoms with Crippen LogP contribution in [0.2, 0.25) is 0 Å². The fraction of sp³-hybridized carbons (Fsp3) is 0.0882. The molecule has 0 bridgehead atoms. The molecule has 2 unspecified atom stereocenters. The molecule has 0 spiro atoms.